The number of thiophene rings is 1. The van der Waals surface area contributed by atoms with Crippen molar-refractivity contribution in [2.24, 2.45) is 5.41 Å². The summed E-state index contributed by atoms with van der Waals surface area (Å²) in [6.45, 7) is 8.59. The van der Waals surface area contributed by atoms with E-state index in [2.05, 4.69) is 35.8 Å². The van der Waals surface area contributed by atoms with Crippen LogP contribution in [0.4, 0.5) is 0 Å². The molecule has 3 amide bonds. The highest BCUT2D eigenvalue weighted by Crippen LogP contribution is 2.35. The second-order valence-corrected chi connectivity index (χ2v) is 12.5. The average Bonchev–Trinajstić information content (AvgIpc) is 3.59. The smallest absolute Gasteiger partial charge is 0.255 e. The maximum Gasteiger partial charge on any atom is 0.255 e. The van der Waals surface area contributed by atoms with E-state index in [1.54, 1.807) is 22.3 Å². The molecule has 0 unspecified atom stereocenters. The van der Waals surface area contributed by atoms with E-state index in [-0.39, 0.29) is 30.7 Å². The van der Waals surface area contributed by atoms with Crippen LogP contribution >= 0.6 is 11.3 Å². The van der Waals surface area contributed by atoms with Crippen molar-refractivity contribution in [2.45, 2.75) is 65.4 Å². The lowest BCUT2D eigenvalue weighted by Gasteiger charge is -2.40. The molecule has 7 nitrogen and oxygen atoms in total. The van der Waals surface area contributed by atoms with Gasteiger partial charge in [-0.2, -0.15) is 0 Å². The number of hydrogen-bond donors (Lipinski definition) is 2. The Hall–Kier alpha value is -3.49. The van der Waals surface area contributed by atoms with Gasteiger partial charge in [0.1, 0.15) is 12.1 Å². The molecule has 8 heteroatoms. The maximum absolute atomic E-state index is 14.0. The molecule has 0 radical (unpaired) electrons. The zero-order valence-corrected chi connectivity index (χ0v) is 23.6. The van der Waals surface area contributed by atoms with Gasteiger partial charge in [0.25, 0.3) is 5.91 Å². The van der Waals surface area contributed by atoms with Gasteiger partial charge in [0.15, 0.2) is 0 Å². The van der Waals surface area contributed by atoms with Crippen LogP contribution < -0.4 is 5.32 Å². The molecule has 2 aliphatic heterocycles. The topological polar surface area (TPSA) is 89.9 Å². The molecule has 2 N–H and O–H groups in total. The summed E-state index contributed by atoms with van der Waals surface area (Å²) in [4.78, 5) is 44.9. The molecule has 3 aromatic rings. The summed E-state index contributed by atoms with van der Waals surface area (Å²) in [6.07, 6.45) is -0.635. The van der Waals surface area contributed by atoms with Crippen molar-refractivity contribution in [3.05, 3.63) is 82.2 Å². The lowest BCUT2D eigenvalue weighted by atomic mass is 9.84. The van der Waals surface area contributed by atoms with Crippen molar-refractivity contribution in [1.29, 1.82) is 0 Å². The van der Waals surface area contributed by atoms with Crippen LogP contribution in [0.1, 0.15) is 54.2 Å². The first-order valence-corrected chi connectivity index (χ1v) is 14.2. The Bertz CT molecular complexity index is 1390. The van der Waals surface area contributed by atoms with Crippen LogP contribution in [0.2, 0.25) is 0 Å². The molecular formula is C31H35N3O4S. The lowest BCUT2D eigenvalue weighted by Crippen LogP contribution is -2.57. The zero-order chi connectivity index (χ0) is 27.9. The van der Waals surface area contributed by atoms with Crippen molar-refractivity contribution >= 4 is 29.1 Å². The zero-order valence-electron chi connectivity index (χ0n) is 22.8. The minimum absolute atomic E-state index is 0.0628. The van der Waals surface area contributed by atoms with Crippen LogP contribution in [-0.2, 0) is 22.7 Å². The lowest BCUT2D eigenvalue weighted by molar-refractivity contribution is -0.145. The summed E-state index contributed by atoms with van der Waals surface area (Å²) in [5, 5.41) is 15.5. The number of carbonyl (C=O) groups excluding carboxylic acids is 3. The molecule has 3 heterocycles. The third-order valence-corrected chi connectivity index (χ3v) is 8.69. The average molecular weight is 546 g/mol. The van der Waals surface area contributed by atoms with Crippen LogP contribution in [0.25, 0.3) is 10.4 Å². The van der Waals surface area contributed by atoms with E-state index in [1.807, 2.05) is 51.1 Å². The predicted octanol–water partition coefficient (Wildman–Crippen LogP) is 4.37. The van der Waals surface area contributed by atoms with Crippen molar-refractivity contribution in [2.75, 3.05) is 6.54 Å². The van der Waals surface area contributed by atoms with Gasteiger partial charge >= 0.3 is 0 Å². The minimum Gasteiger partial charge on any atom is -0.391 e. The van der Waals surface area contributed by atoms with Gasteiger partial charge in [0.2, 0.25) is 11.8 Å². The molecule has 0 saturated carbocycles. The number of rotatable bonds is 6. The number of likely N-dealkylation sites (tertiary alicyclic amines) is 1. The first-order chi connectivity index (χ1) is 18.5. The number of benzene rings is 2. The molecular weight excluding hydrogens is 510 g/mol. The fourth-order valence-corrected chi connectivity index (χ4v) is 6.60. The van der Waals surface area contributed by atoms with E-state index >= 15 is 0 Å². The van der Waals surface area contributed by atoms with Gasteiger partial charge in [0, 0.05) is 36.5 Å². The number of aliphatic hydroxyl groups is 1. The largest absolute Gasteiger partial charge is 0.391 e. The third-order valence-electron chi connectivity index (χ3n) is 7.62. The summed E-state index contributed by atoms with van der Waals surface area (Å²) < 4.78 is 0. The summed E-state index contributed by atoms with van der Waals surface area (Å²) >= 11 is 1.70. The van der Waals surface area contributed by atoms with Crippen molar-refractivity contribution in [3.63, 3.8) is 0 Å². The quantitative estimate of drug-likeness (QED) is 0.481. The Morgan fingerprint density at radius 1 is 1.10 bits per heavy atom. The second-order valence-electron chi connectivity index (χ2n) is 11.6. The summed E-state index contributed by atoms with van der Waals surface area (Å²) in [6, 6.07) is 16.0. The highest BCUT2D eigenvalue weighted by atomic mass is 32.1. The molecule has 204 valence electrons. The number of hydrogen-bond acceptors (Lipinski definition) is 5. The van der Waals surface area contributed by atoms with Crippen molar-refractivity contribution in [3.8, 4) is 10.4 Å². The van der Waals surface area contributed by atoms with E-state index in [4.69, 9.17) is 0 Å². The summed E-state index contributed by atoms with van der Waals surface area (Å²) in [5.74, 6) is -0.793. The summed E-state index contributed by atoms with van der Waals surface area (Å²) in [7, 11) is 0. The number of aryl methyl sites for hydroxylation is 1. The molecule has 0 spiro atoms. The van der Waals surface area contributed by atoms with Crippen LogP contribution in [0.5, 0.6) is 0 Å². The fourth-order valence-electron chi connectivity index (χ4n) is 5.67. The maximum atomic E-state index is 14.0. The Morgan fingerprint density at radius 2 is 1.82 bits per heavy atom. The van der Waals surface area contributed by atoms with Gasteiger partial charge in [-0.25, -0.2) is 0 Å². The molecule has 2 aliphatic rings. The Morgan fingerprint density at radius 3 is 2.46 bits per heavy atom. The fraction of sp³-hybridized carbons (Fsp3) is 0.387. The number of amides is 3. The van der Waals surface area contributed by atoms with E-state index in [0.29, 0.717) is 18.7 Å². The van der Waals surface area contributed by atoms with Crippen molar-refractivity contribution < 1.29 is 19.5 Å². The number of β-amino-alcohol motifs (C(OH)–C–C–N with tert-alkyl or cyclic N) is 1. The molecule has 39 heavy (non-hydrogen) atoms. The normalized spacial score (nSPS) is 19.8. The number of nitrogens with zero attached hydrogens (tertiary/aromatic N) is 2. The molecule has 3 atom stereocenters. The van der Waals surface area contributed by atoms with Gasteiger partial charge in [0.05, 0.1) is 6.10 Å². The minimum atomic E-state index is -0.801. The molecule has 1 fully saturated rings. The van der Waals surface area contributed by atoms with Gasteiger partial charge in [-0.3, -0.25) is 14.4 Å². The van der Waals surface area contributed by atoms with E-state index in [9.17, 15) is 19.5 Å². The molecule has 0 aliphatic carbocycles. The van der Waals surface area contributed by atoms with E-state index < -0.39 is 23.6 Å². The summed E-state index contributed by atoms with van der Waals surface area (Å²) in [5.41, 5.74) is 4.24. The number of aliphatic hydroxyl groups excluding tert-OH is 1. The van der Waals surface area contributed by atoms with Gasteiger partial charge in [-0.1, -0.05) is 63.2 Å². The Labute approximate surface area is 233 Å². The molecule has 5 rings (SSSR count). The van der Waals surface area contributed by atoms with Crippen LogP contribution in [0.3, 0.4) is 0 Å². The third kappa shape index (κ3) is 5.36. The van der Waals surface area contributed by atoms with Crippen LogP contribution in [-0.4, -0.2) is 57.4 Å². The highest BCUT2D eigenvalue weighted by molar-refractivity contribution is 7.13. The van der Waals surface area contributed by atoms with Gasteiger partial charge in [-0.05, 0) is 52.1 Å². The second kappa shape index (κ2) is 10.6. The molecule has 1 saturated heterocycles. The standard InChI is InChI=1S/C31H35N3O4S/c1-19-13-14-39-26(19)21-11-9-20(10-12-21)16-32-28(36)25-15-23(35)18-33(25)30(38)27(31(2,3)4)34-17-22-7-5-6-8-24(22)29(34)37/h5-14,23,25,27,35H,15-18H2,1-4H3,(H,32,36)/t23-,25+,27-/m1/s1. The van der Waals surface area contributed by atoms with Crippen LogP contribution in [0.15, 0.2) is 60.0 Å². The first-order valence-electron chi connectivity index (χ1n) is 13.3. The van der Waals surface area contributed by atoms with Gasteiger partial charge < -0.3 is 20.2 Å². The van der Waals surface area contributed by atoms with E-state index in [0.717, 1.165) is 16.7 Å². The first kappa shape index (κ1) is 27.1. The number of carbonyl (C=O) groups is 3. The van der Waals surface area contributed by atoms with Crippen molar-refractivity contribution in [1.82, 2.24) is 15.1 Å². The van der Waals surface area contributed by atoms with Gasteiger partial charge in [-0.15, -0.1) is 11.3 Å². The predicted molar refractivity (Wildman–Crippen MR) is 152 cm³/mol. The Balaban J connectivity index is 1.30. The Kier molecular flexibility index (Phi) is 7.35. The highest BCUT2D eigenvalue weighted by Gasteiger charge is 2.48. The van der Waals surface area contributed by atoms with E-state index in [1.165, 1.54) is 15.3 Å². The van der Waals surface area contributed by atoms with Crippen LogP contribution in [0, 0.1) is 12.3 Å². The monoisotopic (exact) mass is 545 g/mol. The number of nitrogens with one attached hydrogen (secondary N) is 1. The number of fused-ring (bicyclic) bond motifs is 1. The molecule has 2 aromatic carbocycles. The SMILES string of the molecule is Cc1ccsc1-c1ccc(CNC(=O)[C@@H]2C[C@@H](O)CN2C(=O)[C@@H](N2Cc3ccccc3C2=O)C(C)(C)C)cc1. The molecule has 1 aromatic heterocycles. The molecule has 0 bridgehead atoms.